The van der Waals surface area contributed by atoms with E-state index in [0.29, 0.717) is 0 Å². The van der Waals surface area contributed by atoms with Gasteiger partial charge in [0.15, 0.2) is 0 Å². The van der Waals surface area contributed by atoms with Crippen LogP contribution >= 0.6 is 0 Å². The van der Waals surface area contributed by atoms with Crippen LogP contribution in [0.25, 0.3) is 0 Å². The second-order valence-corrected chi connectivity index (χ2v) is 6.07. The molecule has 5 atom stereocenters. The lowest BCUT2D eigenvalue weighted by molar-refractivity contribution is 0.209. The molecule has 2 bridgehead atoms. The zero-order valence-corrected chi connectivity index (χ0v) is 11.1. The third kappa shape index (κ3) is 1.73. The highest BCUT2D eigenvalue weighted by Gasteiger charge is 2.51. The first-order valence-corrected chi connectivity index (χ1v) is 7.40. The van der Waals surface area contributed by atoms with Gasteiger partial charge in [-0.2, -0.15) is 0 Å². The molecule has 0 N–H and O–H groups in total. The minimum atomic E-state index is 0.866. The first-order chi connectivity index (χ1) is 8.35. The van der Waals surface area contributed by atoms with Gasteiger partial charge in [-0.05, 0) is 48.0 Å². The van der Waals surface area contributed by atoms with Crippen molar-refractivity contribution in [2.75, 3.05) is 0 Å². The molecule has 2 fully saturated rings. The Balaban J connectivity index is 1.91. The van der Waals surface area contributed by atoms with Crippen molar-refractivity contribution in [2.45, 2.75) is 45.4 Å². The molecule has 0 heterocycles. The van der Waals surface area contributed by atoms with E-state index in [1.54, 1.807) is 5.56 Å². The van der Waals surface area contributed by atoms with E-state index in [9.17, 15) is 0 Å². The highest BCUT2D eigenvalue weighted by Crippen LogP contribution is 2.60. The first kappa shape index (κ1) is 11.3. The van der Waals surface area contributed by atoms with E-state index in [-0.39, 0.29) is 0 Å². The van der Waals surface area contributed by atoms with Crippen LogP contribution in [0.5, 0.6) is 0 Å². The van der Waals surface area contributed by atoms with Crippen LogP contribution in [0.4, 0.5) is 0 Å². The van der Waals surface area contributed by atoms with E-state index < -0.39 is 0 Å². The van der Waals surface area contributed by atoms with Gasteiger partial charge >= 0.3 is 0 Å². The fourth-order valence-corrected chi connectivity index (χ4v) is 4.83. The van der Waals surface area contributed by atoms with E-state index in [2.05, 4.69) is 44.2 Å². The molecule has 1 aromatic carbocycles. The number of fused-ring (bicyclic) bond motifs is 2. The van der Waals surface area contributed by atoms with Gasteiger partial charge < -0.3 is 0 Å². The largest absolute Gasteiger partial charge is 0.0651 e. The first-order valence-electron chi connectivity index (χ1n) is 7.40. The van der Waals surface area contributed by atoms with Gasteiger partial charge in [0.25, 0.3) is 0 Å². The van der Waals surface area contributed by atoms with Gasteiger partial charge in [0.05, 0.1) is 0 Å². The molecule has 3 rings (SSSR count). The molecule has 0 radical (unpaired) electrons. The number of hydrogen-bond donors (Lipinski definition) is 0. The number of rotatable bonds is 3. The Morgan fingerprint density at radius 3 is 2.41 bits per heavy atom. The molecule has 0 aliphatic heterocycles. The van der Waals surface area contributed by atoms with Crippen molar-refractivity contribution >= 4 is 0 Å². The summed E-state index contributed by atoms with van der Waals surface area (Å²) in [6.45, 7) is 4.77. The lowest BCUT2D eigenvalue weighted by Crippen LogP contribution is -2.26. The molecule has 92 valence electrons. The summed E-state index contributed by atoms with van der Waals surface area (Å²) in [5.41, 5.74) is 1.62. The Kier molecular flexibility index (Phi) is 2.98. The highest BCUT2D eigenvalue weighted by molar-refractivity contribution is 5.25. The van der Waals surface area contributed by atoms with E-state index in [4.69, 9.17) is 0 Å². The summed E-state index contributed by atoms with van der Waals surface area (Å²) in [5.74, 6) is 4.85. The van der Waals surface area contributed by atoms with Gasteiger partial charge in [-0.15, -0.1) is 0 Å². The average Bonchev–Trinajstić information content (AvgIpc) is 2.96. The van der Waals surface area contributed by atoms with Crippen molar-refractivity contribution in [3.8, 4) is 0 Å². The molecule has 5 unspecified atom stereocenters. The molecule has 0 amide bonds. The topological polar surface area (TPSA) is 0 Å². The Morgan fingerprint density at radius 2 is 1.76 bits per heavy atom. The van der Waals surface area contributed by atoms with Crippen LogP contribution in [-0.2, 0) is 0 Å². The molecule has 2 saturated carbocycles. The predicted molar refractivity (Wildman–Crippen MR) is 73.0 cm³/mol. The standard InChI is InChI=1S/C17H24/c1-3-12-10-14-11-16(12)17(15(14)4-2)13-8-6-5-7-9-13/h5-9,12,14-17H,3-4,10-11H2,1-2H3. The third-order valence-corrected chi connectivity index (χ3v) is 5.49. The van der Waals surface area contributed by atoms with Gasteiger partial charge in [0.2, 0.25) is 0 Å². The van der Waals surface area contributed by atoms with Crippen LogP contribution in [0, 0.1) is 23.7 Å². The van der Waals surface area contributed by atoms with Crippen LogP contribution in [0.3, 0.4) is 0 Å². The van der Waals surface area contributed by atoms with Crippen molar-refractivity contribution in [3.05, 3.63) is 35.9 Å². The SMILES string of the molecule is CCC1CC2CC1C(c1ccccc1)C2CC. The van der Waals surface area contributed by atoms with Crippen LogP contribution in [-0.4, -0.2) is 0 Å². The normalized spacial score (nSPS) is 39.8. The molecule has 0 spiro atoms. The van der Waals surface area contributed by atoms with E-state index >= 15 is 0 Å². The van der Waals surface area contributed by atoms with Gasteiger partial charge in [-0.25, -0.2) is 0 Å². The molecular formula is C17H24. The second kappa shape index (κ2) is 4.48. The average molecular weight is 228 g/mol. The molecule has 0 aromatic heterocycles. The quantitative estimate of drug-likeness (QED) is 0.693. The van der Waals surface area contributed by atoms with Crippen molar-refractivity contribution < 1.29 is 0 Å². The molecule has 2 aliphatic carbocycles. The van der Waals surface area contributed by atoms with E-state index in [1.165, 1.54) is 25.7 Å². The molecular weight excluding hydrogens is 204 g/mol. The second-order valence-electron chi connectivity index (χ2n) is 6.07. The molecule has 0 heteroatoms. The van der Waals surface area contributed by atoms with Crippen molar-refractivity contribution in [2.24, 2.45) is 23.7 Å². The van der Waals surface area contributed by atoms with Crippen molar-refractivity contribution in [1.82, 2.24) is 0 Å². The minimum absolute atomic E-state index is 0.866. The third-order valence-electron chi connectivity index (χ3n) is 5.49. The van der Waals surface area contributed by atoms with Gasteiger partial charge in [-0.1, -0.05) is 57.0 Å². The number of hydrogen-bond acceptors (Lipinski definition) is 0. The van der Waals surface area contributed by atoms with E-state index in [0.717, 1.165) is 29.6 Å². The molecule has 0 nitrogen and oxygen atoms in total. The van der Waals surface area contributed by atoms with Gasteiger partial charge in [0.1, 0.15) is 0 Å². The maximum atomic E-state index is 2.39. The fourth-order valence-electron chi connectivity index (χ4n) is 4.83. The van der Waals surface area contributed by atoms with Crippen LogP contribution < -0.4 is 0 Å². The lowest BCUT2D eigenvalue weighted by atomic mass is 9.69. The molecule has 1 aromatic rings. The summed E-state index contributed by atoms with van der Waals surface area (Å²) in [6.07, 6.45) is 5.79. The zero-order chi connectivity index (χ0) is 11.8. The fraction of sp³-hybridized carbons (Fsp3) is 0.647. The summed E-state index contributed by atoms with van der Waals surface area (Å²) in [6, 6.07) is 11.3. The van der Waals surface area contributed by atoms with Gasteiger partial charge in [0, 0.05) is 0 Å². The highest BCUT2D eigenvalue weighted by atomic mass is 14.6. The predicted octanol–water partition coefficient (Wildman–Crippen LogP) is 4.86. The Morgan fingerprint density at radius 1 is 1.00 bits per heavy atom. The van der Waals surface area contributed by atoms with Crippen molar-refractivity contribution in [3.63, 3.8) is 0 Å². The summed E-state index contributed by atoms with van der Waals surface area (Å²) in [7, 11) is 0. The van der Waals surface area contributed by atoms with E-state index in [1.807, 2.05) is 0 Å². The summed E-state index contributed by atoms with van der Waals surface area (Å²) in [5, 5.41) is 0. The van der Waals surface area contributed by atoms with Crippen LogP contribution in [0.15, 0.2) is 30.3 Å². The Hall–Kier alpha value is -0.780. The Labute approximate surface area is 105 Å². The molecule has 0 saturated heterocycles. The summed E-state index contributed by atoms with van der Waals surface area (Å²) < 4.78 is 0. The Bertz CT molecular complexity index is 367. The van der Waals surface area contributed by atoms with Gasteiger partial charge in [-0.3, -0.25) is 0 Å². The summed E-state index contributed by atoms with van der Waals surface area (Å²) >= 11 is 0. The minimum Gasteiger partial charge on any atom is -0.0651 e. The summed E-state index contributed by atoms with van der Waals surface area (Å²) in [4.78, 5) is 0. The maximum Gasteiger partial charge on any atom is -0.01000 e. The molecule has 2 aliphatic rings. The zero-order valence-electron chi connectivity index (χ0n) is 11.1. The van der Waals surface area contributed by atoms with Crippen molar-refractivity contribution in [1.29, 1.82) is 0 Å². The lowest BCUT2D eigenvalue weighted by Gasteiger charge is -2.35. The smallest absolute Gasteiger partial charge is 0.01000 e. The number of benzene rings is 1. The van der Waals surface area contributed by atoms with Crippen LogP contribution in [0.2, 0.25) is 0 Å². The monoisotopic (exact) mass is 228 g/mol. The maximum absolute atomic E-state index is 2.39. The van der Waals surface area contributed by atoms with Crippen LogP contribution in [0.1, 0.15) is 51.0 Å². The molecule has 17 heavy (non-hydrogen) atoms.